The number of ether oxygens (including phenoxy) is 1. The molecule has 138 valence electrons. The van der Waals surface area contributed by atoms with Gasteiger partial charge in [0.05, 0.1) is 27.1 Å². The lowest BCUT2D eigenvalue weighted by atomic mass is 10.2. The molecule has 1 heterocycles. The second-order valence-electron chi connectivity index (χ2n) is 5.80. The first-order valence-corrected chi connectivity index (χ1v) is 9.92. The Balaban J connectivity index is 2.06. The topological polar surface area (TPSA) is 80.8 Å². The molecular weight excluding hydrogens is 396 g/mol. The van der Waals surface area contributed by atoms with Crippen molar-refractivity contribution in [1.82, 2.24) is 4.90 Å². The van der Waals surface area contributed by atoms with Gasteiger partial charge < -0.3 is 9.64 Å². The molecule has 1 amide bonds. The molecule has 1 aliphatic heterocycles. The van der Waals surface area contributed by atoms with Crippen molar-refractivity contribution in [3.05, 3.63) is 33.6 Å². The minimum absolute atomic E-state index is 0.0170. The molecule has 1 aliphatic rings. The summed E-state index contributed by atoms with van der Waals surface area (Å²) in [4.78, 5) is 25.7. The summed E-state index contributed by atoms with van der Waals surface area (Å²) in [5.74, 6) is -2.48. The van der Waals surface area contributed by atoms with E-state index in [4.69, 9.17) is 27.9 Å². The standard InChI is InChI=1S/C15H16Cl2FNO5S/c1-8(14(20)19(2)9-3-4-25(22,23)7-9)24-15(21)10-5-13(18)12(17)6-11(10)16/h5-6,8-9H,3-4,7H2,1-2H3/t8-,9+/m1/s1. The van der Waals surface area contributed by atoms with Gasteiger partial charge in [0.2, 0.25) is 0 Å². The highest BCUT2D eigenvalue weighted by Crippen LogP contribution is 2.25. The van der Waals surface area contributed by atoms with Gasteiger partial charge in [-0.05, 0) is 25.5 Å². The van der Waals surface area contributed by atoms with Crippen LogP contribution in [0.25, 0.3) is 0 Å². The fraction of sp³-hybridized carbons (Fsp3) is 0.467. The highest BCUT2D eigenvalue weighted by Gasteiger charge is 2.35. The van der Waals surface area contributed by atoms with E-state index in [0.717, 1.165) is 12.1 Å². The number of sulfone groups is 1. The van der Waals surface area contributed by atoms with Crippen LogP contribution in [0.5, 0.6) is 0 Å². The molecule has 0 N–H and O–H groups in total. The van der Waals surface area contributed by atoms with Crippen molar-refractivity contribution >= 4 is 44.9 Å². The molecule has 2 atom stereocenters. The molecule has 0 unspecified atom stereocenters. The summed E-state index contributed by atoms with van der Waals surface area (Å²) >= 11 is 11.4. The molecule has 0 saturated carbocycles. The minimum Gasteiger partial charge on any atom is -0.449 e. The second-order valence-corrected chi connectivity index (χ2v) is 8.84. The number of halogens is 3. The first kappa shape index (κ1) is 19.9. The molecule has 1 fully saturated rings. The van der Waals surface area contributed by atoms with E-state index >= 15 is 0 Å². The maximum absolute atomic E-state index is 13.5. The number of hydrogen-bond donors (Lipinski definition) is 0. The van der Waals surface area contributed by atoms with E-state index in [1.54, 1.807) is 0 Å². The summed E-state index contributed by atoms with van der Waals surface area (Å²) < 4.78 is 41.5. The first-order valence-electron chi connectivity index (χ1n) is 7.34. The van der Waals surface area contributed by atoms with Crippen LogP contribution in [0.15, 0.2) is 12.1 Å². The number of carbonyl (C=O) groups is 2. The van der Waals surface area contributed by atoms with Crippen LogP contribution in [-0.4, -0.2) is 55.9 Å². The molecule has 0 aliphatic carbocycles. The lowest BCUT2D eigenvalue weighted by Gasteiger charge is -2.26. The Morgan fingerprint density at radius 1 is 1.32 bits per heavy atom. The Hall–Kier alpha value is -1.38. The average molecular weight is 412 g/mol. The van der Waals surface area contributed by atoms with Gasteiger partial charge in [0, 0.05) is 13.1 Å². The third-order valence-electron chi connectivity index (χ3n) is 3.97. The van der Waals surface area contributed by atoms with E-state index in [9.17, 15) is 22.4 Å². The van der Waals surface area contributed by atoms with E-state index in [-0.39, 0.29) is 27.1 Å². The summed E-state index contributed by atoms with van der Waals surface area (Å²) in [7, 11) is -1.70. The number of amides is 1. The van der Waals surface area contributed by atoms with Gasteiger partial charge >= 0.3 is 5.97 Å². The first-order chi connectivity index (χ1) is 11.5. The molecule has 1 aromatic rings. The van der Waals surface area contributed by atoms with Crippen LogP contribution in [-0.2, 0) is 19.4 Å². The van der Waals surface area contributed by atoms with Gasteiger partial charge in [-0.3, -0.25) is 4.79 Å². The van der Waals surface area contributed by atoms with Crippen LogP contribution < -0.4 is 0 Å². The molecule has 0 bridgehead atoms. The van der Waals surface area contributed by atoms with Crippen LogP contribution >= 0.6 is 23.2 Å². The molecule has 0 aromatic heterocycles. The Morgan fingerprint density at radius 2 is 1.96 bits per heavy atom. The summed E-state index contributed by atoms with van der Waals surface area (Å²) in [6.07, 6.45) is -0.852. The fourth-order valence-electron chi connectivity index (χ4n) is 2.50. The predicted octanol–water partition coefficient (Wildman–Crippen LogP) is 2.32. The van der Waals surface area contributed by atoms with Gasteiger partial charge in [-0.25, -0.2) is 17.6 Å². The van der Waals surface area contributed by atoms with E-state index < -0.39 is 39.7 Å². The zero-order valence-corrected chi connectivity index (χ0v) is 15.8. The Bertz CT molecular complexity index is 814. The van der Waals surface area contributed by atoms with Gasteiger partial charge in [0.1, 0.15) is 5.82 Å². The number of hydrogen-bond acceptors (Lipinski definition) is 5. The van der Waals surface area contributed by atoms with Crippen LogP contribution in [0.3, 0.4) is 0 Å². The molecule has 25 heavy (non-hydrogen) atoms. The largest absolute Gasteiger partial charge is 0.449 e. The third-order valence-corrected chi connectivity index (χ3v) is 6.32. The Labute approximate surface area is 154 Å². The molecule has 1 saturated heterocycles. The summed E-state index contributed by atoms with van der Waals surface area (Å²) in [5, 5.41) is -0.348. The number of rotatable bonds is 4. The zero-order valence-electron chi connectivity index (χ0n) is 13.5. The number of nitrogens with zero attached hydrogens (tertiary/aromatic N) is 1. The smallest absolute Gasteiger partial charge is 0.340 e. The van der Waals surface area contributed by atoms with E-state index in [2.05, 4.69) is 0 Å². The average Bonchev–Trinajstić information content (AvgIpc) is 2.89. The molecular formula is C15H16Cl2FNO5S. The molecule has 6 nitrogen and oxygen atoms in total. The molecule has 0 spiro atoms. The quantitative estimate of drug-likeness (QED) is 0.560. The van der Waals surface area contributed by atoms with Crippen molar-refractivity contribution in [2.24, 2.45) is 0 Å². The monoisotopic (exact) mass is 411 g/mol. The van der Waals surface area contributed by atoms with Crippen LogP contribution in [0, 0.1) is 5.82 Å². The van der Waals surface area contributed by atoms with Gasteiger partial charge in [-0.2, -0.15) is 0 Å². The fourth-order valence-corrected chi connectivity index (χ4v) is 4.74. The Morgan fingerprint density at radius 3 is 2.52 bits per heavy atom. The number of carbonyl (C=O) groups excluding carboxylic acids is 2. The van der Waals surface area contributed by atoms with Crippen molar-refractivity contribution in [2.75, 3.05) is 18.6 Å². The molecule has 2 rings (SSSR count). The van der Waals surface area contributed by atoms with Gasteiger partial charge in [-0.1, -0.05) is 23.2 Å². The van der Waals surface area contributed by atoms with Gasteiger partial charge in [0.15, 0.2) is 15.9 Å². The third kappa shape index (κ3) is 4.62. The van der Waals surface area contributed by atoms with E-state index in [1.807, 2.05) is 0 Å². The molecule has 1 aromatic carbocycles. The highest BCUT2D eigenvalue weighted by molar-refractivity contribution is 7.91. The van der Waals surface area contributed by atoms with Crippen molar-refractivity contribution in [2.45, 2.75) is 25.5 Å². The second kappa shape index (κ2) is 7.47. The highest BCUT2D eigenvalue weighted by atomic mass is 35.5. The summed E-state index contributed by atoms with van der Waals surface area (Å²) in [6.45, 7) is 1.35. The van der Waals surface area contributed by atoms with Gasteiger partial charge in [0.25, 0.3) is 5.91 Å². The van der Waals surface area contributed by atoms with E-state index in [1.165, 1.54) is 18.9 Å². The van der Waals surface area contributed by atoms with Crippen molar-refractivity contribution < 1.29 is 27.1 Å². The summed E-state index contributed by atoms with van der Waals surface area (Å²) in [6, 6.07) is 1.43. The van der Waals surface area contributed by atoms with Crippen LogP contribution in [0.4, 0.5) is 4.39 Å². The zero-order chi connectivity index (χ0) is 18.9. The van der Waals surface area contributed by atoms with Crippen molar-refractivity contribution in [3.63, 3.8) is 0 Å². The normalized spacial score (nSPS) is 20.1. The van der Waals surface area contributed by atoms with Crippen molar-refractivity contribution in [3.8, 4) is 0 Å². The maximum atomic E-state index is 13.5. The molecule has 10 heteroatoms. The van der Waals surface area contributed by atoms with E-state index in [0.29, 0.717) is 6.42 Å². The van der Waals surface area contributed by atoms with Crippen LogP contribution in [0.2, 0.25) is 10.0 Å². The molecule has 0 radical (unpaired) electrons. The lowest BCUT2D eigenvalue weighted by Crippen LogP contribution is -2.44. The van der Waals surface area contributed by atoms with Crippen LogP contribution in [0.1, 0.15) is 23.7 Å². The Kier molecular flexibility index (Phi) is 5.96. The SMILES string of the molecule is C[C@@H](OC(=O)c1cc(F)c(Cl)cc1Cl)C(=O)N(C)[C@H]1CCS(=O)(=O)C1. The maximum Gasteiger partial charge on any atom is 0.340 e. The predicted molar refractivity (Wildman–Crippen MR) is 91.1 cm³/mol. The minimum atomic E-state index is -3.15. The van der Waals surface area contributed by atoms with Gasteiger partial charge in [-0.15, -0.1) is 0 Å². The number of benzene rings is 1. The number of likely N-dealkylation sites (N-methyl/N-ethyl adjacent to an activating group) is 1. The summed E-state index contributed by atoms with van der Waals surface area (Å²) in [5.41, 5.74) is -0.255. The number of esters is 1. The van der Waals surface area contributed by atoms with Crippen molar-refractivity contribution in [1.29, 1.82) is 0 Å². The lowest BCUT2D eigenvalue weighted by molar-refractivity contribution is -0.140.